The molecule has 0 aliphatic rings. The standard InChI is InChI=1S/C14H14O4S/c1-9-4-3-5-11(6-9)19(17,18)12-7-13(15)10(2)14(16)8-12/h3-8,15-16H,1-2H3. The van der Waals surface area contributed by atoms with Gasteiger partial charge in [-0.05, 0) is 43.7 Å². The van der Waals surface area contributed by atoms with Gasteiger partial charge in [-0.3, -0.25) is 0 Å². The Morgan fingerprint density at radius 2 is 1.47 bits per heavy atom. The van der Waals surface area contributed by atoms with Gasteiger partial charge in [0, 0.05) is 5.56 Å². The summed E-state index contributed by atoms with van der Waals surface area (Å²) < 4.78 is 24.8. The molecule has 2 aromatic carbocycles. The second-order valence-corrected chi connectivity index (χ2v) is 6.36. The van der Waals surface area contributed by atoms with Gasteiger partial charge in [0.05, 0.1) is 9.79 Å². The summed E-state index contributed by atoms with van der Waals surface area (Å²) in [6.45, 7) is 3.30. The minimum Gasteiger partial charge on any atom is -0.507 e. The van der Waals surface area contributed by atoms with Gasteiger partial charge in [0.1, 0.15) is 11.5 Å². The maximum absolute atomic E-state index is 12.4. The van der Waals surface area contributed by atoms with E-state index < -0.39 is 9.84 Å². The van der Waals surface area contributed by atoms with Crippen molar-refractivity contribution in [2.75, 3.05) is 0 Å². The Hall–Kier alpha value is -2.01. The molecule has 0 spiro atoms. The molecule has 0 radical (unpaired) electrons. The number of sulfone groups is 1. The number of phenols is 2. The molecule has 0 unspecified atom stereocenters. The highest BCUT2D eigenvalue weighted by Crippen LogP contribution is 2.32. The van der Waals surface area contributed by atoms with Crippen molar-refractivity contribution in [2.24, 2.45) is 0 Å². The van der Waals surface area contributed by atoms with Crippen molar-refractivity contribution in [1.29, 1.82) is 0 Å². The maximum atomic E-state index is 12.4. The smallest absolute Gasteiger partial charge is 0.206 e. The van der Waals surface area contributed by atoms with Crippen LogP contribution in [0.5, 0.6) is 11.5 Å². The lowest BCUT2D eigenvalue weighted by Gasteiger charge is -2.08. The normalized spacial score (nSPS) is 11.5. The number of phenolic OH excluding ortho intramolecular Hbond substituents is 2. The fourth-order valence-electron chi connectivity index (χ4n) is 1.73. The number of benzene rings is 2. The Labute approximate surface area is 111 Å². The predicted octanol–water partition coefficient (Wildman–Crippen LogP) is 2.55. The highest BCUT2D eigenvalue weighted by Gasteiger charge is 2.20. The van der Waals surface area contributed by atoms with E-state index in [-0.39, 0.29) is 26.9 Å². The number of rotatable bonds is 2. The first kappa shape index (κ1) is 13.4. The van der Waals surface area contributed by atoms with Gasteiger partial charge < -0.3 is 10.2 Å². The van der Waals surface area contributed by atoms with E-state index in [9.17, 15) is 18.6 Å². The Kier molecular flexibility index (Phi) is 3.24. The minimum absolute atomic E-state index is 0.126. The van der Waals surface area contributed by atoms with Gasteiger partial charge in [0.2, 0.25) is 9.84 Å². The molecule has 2 aromatic rings. The second kappa shape index (κ2) is 4.59. The summed E-state index contributed by atoms with van der Waals surface area (Å²) in [6, 6.07) is 8.76. The molecule has 0 heterocycles. The van der Waals surface area contributed by atoms with Gasteiger partial charge in [-0.2, -0.15) is 0 Å². The van der Waals surface area contributed by atoms with Crippen molar-refractivity contribution in [1.82, 2.24) is 0 Å². The summed E-state index contributed by atoms with van der Waals surface area (Å²) in [4.78, 5) is 0.00820. The summed E-state index contributed by atoms with van der Waals surface area (Å²) in [5.74, 6) is -0.488. The summed E-state index contributed by atoms with van der Waals surface area (Å²) in [5.41, 5.74) is 1.07. The molecule has 0 aliphatic heterocycles. The van der Waals surface area contributed by atoms with E-state index in [0.717, 1.165) is 17.7 Å². The highest BCUT2D eigenvalue weighted by molar-refractivity contribution is 7.91. The van der Waals surface area contributed by atoms with Crippen molar-refractivity contribution in [3.63, 3.8) is 0 Å². The molecule has 4 nitrogen and oxygen atoms in total. The topological polar surface area (TPSA) is 74.6 Å². The van der Waals surface area contributed by atoms with Crippen LogP contribution in [0, 0.1) is 13.8 Å². The van der Waals surface area contributed by atoms with Gasteiger partial charge in [-0.1, -0.05) is 12.1 Å². The fourth-order valence-corrected chi connectivity index (χ4v) is 3.14. The van der Waals surface area contributed by atoms with Crippen LogP contribution in [0.1, 0.15) is 11.1 Å². The van der Waals surface area contributed by atoms with Crippen LogP contribution < -0.4 is 0 Å². The molecular weight excluding hydrogens is 264 g/mol. The quantitative estimate of drug-likeness (QED) is 0.885. The van der Waals surface area contributed by atoms with Crippen LogP contribution in [0.4, 0.5) is 0 Å². The molecule has 5 heteroatoms. The molecule has 100 valence electrons. The van der Waals surface area contributed by atoms with Crippen LogP contribution in [0.2, 0.25) is 0 Å². The first-order chi connectivity index (χ1) is 8.82. The summed E-state index contributed by atoms with van der Waals surface area (Å²) in [7, 11) is -3.74. The minimum atomic E-state index is -3.74. The molecule has 0 aromatic heterocycles. The van der Waals surface area contributed by atoms with Gasteiger partial charge in [0.25, 0.3) is 0 Å². The molecule has 0 amide bonds. The maximum Gasteiger partial charge on any atom is 0.206 e. The first-order valence-corrected chi connectivity index (χ1v) is 7.15. The summed E-state index contributed by atoms with van der Waals surface area (Å²) in [5, 5.41) is 19.2. The molecule has 0 bridgehead atoms. The van der Waals surface area contributed by atoms with Gasteiger partial charge >= 0.3 is 0 Å². The van der Waals surface area contributed by atoms with Crippen molar-refractivity contribution >= 4 is 9.84 Å². The molecule has 0 saturated carbocycles. The van der Waals surface area contributed by atoms with Crippen molar-refractivity contribution in [3.05, 3.63) is 47.5 Å². The monoisotopic (exact) mass is 278 g/mol. The average molecular weight is 278 g/mol. The zero-order chi connectivity index (χ0) is 14.2. The lowest BCUT2D eigenvalue weighted by Crippen LogP contribution is -2.02. The van der Waals surface area contributed by atoms with Crippen molar-refractivity contribution < 1.29 is 18.6 Å². The van der Waals surface area contributed by atoms with Crippen LogP contribution in [-0.2, 0) is 9.84 Å². The number of hydrogen-bond acceptors (Lipinski definition) is 4. The molecule has 0 aliphatic carbocycles. The SMILES string of the molecule is Cc1cccc(S(=O)(=O)c2cc(O)c(C)c(O)c2)c1. The molecule has 0 atom stereocenters. The lowest BCUT2D eigenvalue weighted by atomic mass is 10.2. The number of aryl methyl sites for hydroxylation is 1. The van der Waals surface area contributed by atoms with Crippen LogP contribution in [0.25, 0.3) is 0 Å². The largest absolute Gasteiger partial charge is 0.507 e. The Morgan fingerprint density at radius 1 is 0.895 bits per heavy atom. The van der Waals surface area contributed by atoms with Crippen LogP contribution in [0.15, 0.2) is 46.2 Å². The van der Waals surface area contributed by atoms with E-state index in [1.165, 1.54) is 13.0 Å². The van der Waals surface area contributed by atoms with Crippen LogP contribution >= 0.6 is 0 Å². The summed E-state index contributed by atoms with van der Waals surface area (Å²) in [6.07, 6.45) is 0. The third-order valence-corrected chi connectivity index (χ3v) is 4.67. The zero-order valence-corrected chi connectivity index (χ0v) is 11.4. The first-order valence-electron chi connectivity index (χ1n) is 5.66. The molecule has 0 saturated heterocycles. The van der Waals surface area contributed by atoms with E-state index >= 15 is 0 Å². The van der Waals surface area contributed by atoms with Gasteiger partial charge in [0.15, 0.2) is 0 Å². The van der Waals surface area contributed by atoms with E-state index in [0.29, 0.717) is 0 Å². The van der Waals surface area contributed by atoms with Crippen LogP contribution in [-0.4, -0.2) is 18.6 Å². The lowest BCUT2D eigenvalue weighted by molar-refractivity contribution is 0.439. The van der Waals surface area contributed by atoms with E-state index in [4.69, 9.17) is 0 Å². The van der Waals surface area contributed by atoms with Crippen molar-refractivity contribution in [3.8, 4) is 11.5 Å². The Balaban J connectivity index is 2.64. The van der Waals surface area contributed by atoms with Crippen LogP contribution in [0.3, 0.4) is 0 Å². The number of aromatic hydroxyl groups is 2. The fraction of sp³-hybridized carbons (Fsp3) is 0.143. The molecule has 0 fully saturated rings. The Bertz CT molecular complexity index is 710. The molecule has 2 N–H and O–H groups in total. The third-order valence-electron chi connectivity index (χ3n) is 2.94. The Morgan fingerprint density at radius 3 is 2.00 bits per heavy atom. The van der Waals surface area contributed by atoms with Gasteiger partial charge in [-0.15, -0.1) is 0 Å². The van der Waals surface area contributed by atoms with Gasteiger partial charge in [-0.25, -0.2) is 8.42 Å². The molecule has 19 heavy (non-hydrogen) atoms. The van der Waals surface area contributed by atoms with E-state index in [1.807, 2.05) is 0 Å². The third kappa shape index (κ3) is 2.42. The summed E-state index contributed by atoms with van der Waals surface area (Å²) >= 11 is 0. The second-order valence-electron chi connectivity index (χ2n) is 4.41. The van der Waals surface area contributed by atoms with Crippen molar-refractivity contribution in [2.45, 2.75) is 23.6 Å². The van der Waals surface area contributed by atoms with E-state index in [2.05, 4.69) is 0 Å². The van der Waals surface area contributed by atoms with E-state index in [1.54, 1.807) is 25.1 Å². The average Bonchev–Trinajstić information content (AvgIpc) is 2.35. The molecule has 2 rings (SSSR count). The highest BCUT2D eigenvalue weighted by atomic mass is 32.2. The molecular formula is C14H14O4S. The predicted molar refractivity (Wildman–Crippen MR) is 71.1 cm³/mol. The zero-order valence-electron chi connectivity index (χ0n) is 10.6. The number of hydrogen-bond donors (Lipinski definition) is 2.